The summed E-state index contributed by atoms with van der Waals surface area (Å²) in [5.41, 5.74) is 0. The highest BCUT2D eigenvalue weighted by Crippen LogP contribution is 2.23. The van der Waals surface area contributed by atoms with Crippen molar-refractivity contribution < 1.29 is 9.53 Å². The lowest BCUT2D eigenvalue weighted by molar-refractivity contribution is -0.142. The van der Waals surface area contributed by atoms with Gasteiger partial charge in [-0.05, 0) is 31.7 Å². The van der Waals surface area contributed by atoms with Gasteiger partial charge in [-0.15, -0.1) is 0 Å². The first-order valence-electron chi connectivity index (χ1n) is 8.02. The number of methoxy groups -OCH3 is 1. The summed E-state index contributed by atoms with van der Waals surface area (Å²) in [4.78, 5) is 14.0. The van der Waals surface area contributed by atoms with Crippen molar-refractivity contribution in [2.24, 2.45) is 5.92 Å². The highest BCUT2D eigenvalue weighted by atomic mass is 16.5. The Balaban J connectivity index is 2.48. The number of carbonyl (C=O) groups is 1. The Labute approximate surface area is 118 Å². The summed E-state index contributed by atoms with van der Waals surface area (Å²) >= 11 is 0. The number of unbranched alkanes of at least 4 members (excludes halogenated alkanes) is 1. The van der Waals surface area contributed by atoms with Gasteiger partial charge >= 0.3 is 5.97 Å². The van der Waals surface area contributed by atoms with Crippen molar-refractivity contribution in [3.05, 3.63) is 0 Å². The number of rotatable bonds is 8. The van der Waals surface area contributed by atoms with Crippen LogP contribution in [-0.4, -0.2) is 37.1 Å². The second kappa shape index (κ2) is 9.35. The van der Waals surface area contributed by atoms with E-state index in [1.807, 2.05) is 0 Å². The third kappa shape index (κ3) is 5.94. The molecular weight excluding hydrogens is 238 g/mol. The van der Waals surface area contributed by atoms with Crippen molar-refractivity contribution in [3.63, 3.8) is 0 Å². The van der Waals surface area contributed by atoms with Crippen LogP contribution in [0.25, 0.3) is 0 Å². The molecule has 0 N–H and O–H groups in total. The SMILES string of the molecule is CCCCC(CC)CN1CCCCC1CC(=O)OC. The van der Waals surface area contributed by atoms with Gasteiger partial charge in [0, 0.05) is 12.6 Å². The maximum atomic E-state index is 11.5. The molecule has 0 aromatic heterocycles. The van der Waals surface area contributed by atoms with Crippen LogP contribution in [0.15, 0.2) is 0 Å². The zero-order valence-electron chi connectivity index (χ0n) is 13.0. The molecule has 112 valence electrons. The van der Waals surface area contributed by atoms with E-state index in [4.69, 9.17) is 4.74 Å². The Morgan fingerprint density at radius 2 is 2.16 bits per heavy atom. The largest absolute Gasteiger partial charge is 0.469 e. The highest BCUT2D eigenvalue weighted by molar-refractivity contribution is 5.69. The fraction of sp³-hybridized carbons (Fsp3) is 0.938. The summed E-state index contributed by atoms with van der Waals surface area (Å²) in [6.07, 6.45) is 9.44. The Kier molecular flexibility index (Phi) is 8.11. The van der Waals surface area contributed by atoms with Gasteiger partial charge in [0.15, 0.2) is 0 Å². The van der Waals surface area contributed by atoms with Crippen molar-refractivity contribution >= 4 is 5.97 Å². The highest BCUT2D eigenvalue weighted by Gasteiger charge is 2.26. The minimum absolute atomic E-state index is 0.0569. The summed E-state index contributed by atoms with van der Waals surface area (Å²) < 4.78 is 4.83. The monoisotopic (exact) mass is 269 g/mol. The molecule has 1 aliphatic rings. The van der Waals surface area contributed by atoms with Crippen LogP contribution in [0.1, 0.15) is 65.2 Å². The molecule has 1 rings (SSSR count). The van der Waals surface area contributed by atoms with Gasteiger partial charge in [-0.1, -0.05) is 39.5 Å². The number of ether oxygens (including phenoxy) is 1. The quantitative estimate of drug-likeness (QED) is 0.630. The maximum Gasteiger partial charge on any atom is 0.307 e. The van der Waals surface area contributed by atoms with Crippen molar-refractivity contribution in [2.75, 3.05) is 20.2 Å². The van der Waals surface area contributed by atoms with E-state index >= 15 is 0 Å². The van der Waals surface area contributed by atoms with Crippen LogP contribution in [0.4, 0.5) is 0 Å². The molecule has 0 aromatic rings. The van der Waals surface area contributed by atoms with E-state index in [0.717, 1.165) is 25.4 Å². The third-order valence-corrected chi connectivity index (χ3v) is 4.42. The summed E-state index contributed by atoms with van der Waals surface area (Å²) in [5.74, 6) is 0.733. The number of likely N-dealkylation sites (tertiary alicyclic amines) is 1. The first-order chi connectivity index (χ1) is 9.21. The first-order valence-corrected chi connectivity index (χ1v) is 8.02. The summed E-state index contributed by atoms with van der Waals surface area (Å²) in [6.45, 7) is 6.87. The molecule has 0 bridgehead atoms. The zero-order valence-corrected chi connectivity index (χ0v) is 13.0. The van der Waals surface area contributed by atoms with Gasteiger partial charge in [0.2, 0.25) is 0 Å². The number of carbonyl (C=O) groups excluding carboxylic acids is 1. The predicted octanol–water partition coefficient (Wildman–Crippen LogP) is 3.62. The van der Waals surface area contributed by atoms with Crippen LogP contribution in [0.5, 0.6) is 0 Å². The van der Waals surface area contributed by atoms with Crippen LogP contribution in [0.3, 0.4) is 0 Å². The van der Waals surface area contributed by atoms with Crippen LogP contribution >= 0.6 is 0 Å². The van der Waals surface area contributed by atoms with E-state index in [1.54, 1.807) is 0 Å². The number of hydrogen-bond acceptors (Lipinski definition) is 3. The van der Waals surface area contributed by atoms with Gasteiger partial charge in [0.1, 0.15) is 0 Å². The van der Waals surface area contributed by atoms with Crippen LogP contribution in [0, 0.1) is 5.92 Å². The molecule has 1 fully saturated rings. The van der Waals surface area contributed by atoms with E-state index in [-0.39, 0.29) is 5.97 Å². The average molecular weight is 269 g/mol. The Hall–Kier alpha value is -0.570. The minimum atomic E-state index is -0.0569. The van der Waals surface area contributed by atoms with E-state index in [1.165, 1.54) is 45.6 Å². The third-order valence-electron chi connectivity index (χ3n) is 4.42. The molecule has 0 aromatic carbocycles. The van der Waals surface area contributed by atoms with Gasteiger partial charge in [-0.3, -0.25) is 9.69 Å². The second-order valence-electron chi connectivity index (χ2n) is 5.84. The van der Waals surface area contributed by atoms with Gasteiger partial charge < -0.3 is 4.74 Å². The van der Waals surface area contributed by atoms with Gasteiger partial charge in [0.05, 0.1) is 13.5 Å². The summed E-state index contributed by atoms with van der Waals surface area (Å²) in [6, 6.07) is 0.414. The Morgan fingerprint density at radius 3 is 2.79 bits per heavy atom. The van der Waals surface area contributed by atoms with Crippen LogP contribution in [0.2, 0.25) is 0 Å². The molecule has 2 atom stereocenters. The van der Waals surface area contributed by atoms with Crippen molar-refractivity contribution in [1.82, 2.24) is 4.90 Å². The van der Waals surface area contributed by atoms with Crippen molar-refractivity contribution in [3.8, 4) is 0 Å². The van der Waals surface area contributed by atoms with E-state index in [0.29, 0.717) is 12.5 Å². The molecule has 3 nitrogen and oxygen atoms in total. The molecular formula is C16H31NO2. The smallest absolute Gasteiger partial charge is 0.307 e. The standard InChI is InChI=1S/C16H31NO2/c1-4-6-9-14(5-2)13-17-11-8-7-10-15(17)12-16(18)19-3/h14-15H,4-13H2,1-3H3. The fourth-order valence-corrected chi connectivity index (χ4v) is 3.06. The molecule has 1 heterocycles. The normalized spacial score (nSPS) is 22.2. The number of piperidine rings is 1. The molecule has 1 aliphatic heterocycles. The Morgan fingerprint density at radius 1 is 1.37 bits per heavy atom. The molecule has 0 aliphatic carbocycles. The predicted molar refractivity (Wildman–Crippen MR) is 79.2 cm³/mol. The zero-order chi connectivity index (χ0) is 14.1. The van der Waals surface area contributed by atoms with Gasteiger partial charge in [0.25, 0.3) is 0 Å². The molecule has 0 saturated carbocycles. The Bertz CT molecular complexity index is 255. The lowest BCUT2D eigenvalue weighted by Gasteiger charge is -2.37. The van der Waals surface area contributed by atoms with Gasteiger partial charge in [-0.2, -0.15) is 0 Å². The molecule has 1 saturated heterocycles. The summed E-state index contributed by atoms with van der Waals surface area (Å²) in [7, 11) is 1.49. The van der Waals surface area contributed by atoms with Crippen molar-refractivity contribution in [1.29, 1.82) is 0 Å². The first kappa shape index (κ1) is 16.5. The number of nitrogens with zero attached hydrogens (tertiary/aromatic N) is 1. The van der Waals surface area contributed by atoms with Gasteiger partial charge in [-0.25, -0.2) is 0 Å². The molecule has 0 spiro atoms. The number of hydrogen-bond donors (Lipinski definition) is 0. The number of esters is 1. The lowest BCUT2D eigenvalue weighted by Crippen LogP contribution is -2.43. The lowest BCUT2D eigenvalue weighted by atomic mass is 9.94. The van der Waals surface area contributed by atoms with E-state index < -0.39 is 0 Å². The second-order valence-corrected chi connectivity index (χ2v) is 5.84. The fourth-order valence-electron chi connectivity index (χ4n) is 3.06. The van der Waals surface area contributed by atoms with Crippen LogP contribution in [-0.2, 0) is 9.53 Å². The average Bonchev–Trinajstić information content (AvgIpc) is 2.44. The molecule has 3 heteroatoms. The maximum absolute atomic E-state index is 11.5. The molecule has 2 unspecified atom stereocenters. The molecule has 0 radical (unpaired) electrons. The van der Waals surface area contributed by atoms with Crippen LogP contribution < -0.4 is 0 Å². The molecule has 19 heavy (non-hydrogen) atoms. The van der Waals surface area contributed by atoms with Crippen molar-refractivity contribution in [2.45, 2.75) is 71.3 Å². The summed E-state index contributed by atoms with van der Waals surface area (Å²) in [5, 5.41) is 0. The van der Waals surface area contributed by atoms with E-state index in [9.17, 15) is 4.79 Å². The molecule has 0 amide bonds. The topological polar surface area (TPSA) is 29.5 Å². The minimum Gasteiger partial charge on any atom is -0.469 e. The van der Waals surface area contributed by atoms with E-state index in [2.05, 4.69) is 18.7 Å².